The summed E-state index contributed by atoms with van der Waals surface area (Å²) in [5.41, 5.74) is 4.99. The van der Waals surface area contributed by atoms with Crippen LogP contribution in [0.25, 0.3) is 0 Å². The molecule has 11 heavy (non-hydrogen) atoms. The fourth-order valence-corrected chi connectivity index (χ4v) is 1.14. The van der Waals surface area contributed by atoms with E-state index in [9.17, 15) is 9.59 Å². The first kappa shape index (κ1) is 8.00. The molecular formula is C6H10N2O3. The summed E-state index contributed by atoms with van der Waals surface area (Å²) in [4.78, 5) is 20.9. The zero-order chi connectivity index (χ0) is 8.43. The van der Waals surface area contributed by atoms with Crippen molar-refractivity contribution in [3.63, 3.8) is 0 Å². The fraction of sp³-hybridized carbons (Fsp3) is 0.667. The lowest BCUT2D eigenvalue weighted by Gasteiger charge is -2.01. The molecule has 5 heteroatoms. The molecule has 0 saturated carbocycles. The predicted molar refractivity (Wildman–Crippen MR) is 36.7 cm³/mol. The van der Waals surface area contributed by atoms with E-state index < -0.39 is 17.9 Å². The second-order valence-electron chi connectivity index (χ2n) is 2.63. The highest BCUT2D eigenvalue weighted by molar-refractivity contribution is 5.80. The molecule has 1 heterocycles. The Morgan fingerprint density at radius 1 is 1.55 bits per heavy atom. The second-order valence-corrected chi connectivity index (χ2v) is 2.63. The number of aliphatic carboxylic acids is 1. The number of carbonyl (C=O) groups is 2. The zero-order valence-corrected chi connectivity index (χ0v) is 5.91. The summed E-state index contributed by atoms with van der Waals surface area (Å²) in [7, 11) is 0. The van der Waals surface area contributed by atoms with Crippen molar-refractivity contribution >= 4 is 11.9 Å². The van der Waals surface area contributed by atoms with Gasteiger partial charge in [0.25, 0.3) is 0 Å². The van der Waals surface area contributed by atoms with Gasteiger partial charge in [0, 0.05) is 6.54 Å². The van der Waals surface area contributed by atoms with E-state index in [2.05, 4.69) is 5.32 Å². The van der Waals surface area contributed by atoms with E-state index in [1.807, 2.05) is 0 Å². The second kappa shape index (κ2) is 2.87. The molecule has 0 aliphatic carbocycles. The number of nitrogens with one attached hydrogen (secondary N) is 1. The van der Waals surface area contributed by atoms with Crippen LogP contribution in [0, 0.1) is 5.92 Å². The van der Waals surface area contributed by atoms with Gasteiger partial charge in [0.15, 0.2) is 0 Å². The molecule has 2 atom stereocenters. The van der Waals surface area contributed by atoms with Gasteiger partial charge < -0.3 is 16.2 Å². The molecule has 0 radical (unpaired) electrons. The number of amides is 1. The van der Waals surface area contributed by atoms with E-state index in [0.29, 0.717) is 13.0 Å². The van der Waals surface area contributed by atoms with Crippen LogP contribution in [0.1, 0.15) is 6.42 Å². The Hall–Kier alpha value is -1.10. The maximum absolute atomic E-state index is 10.6. The Morgan fingerprint density at radius 3 is 2.45 bits per heavy atom. The number of primary amides is 1. The third kappa shape index (κ3) is 1.68. The minimum Gasteiger partial charge on any atom is -0.480 e. The first-order valence-electron chi connectivity index (χ1n) is 3.36. The average Bonchev–Trinajstić information content (AvgIpc) is 2.33. The van der Waals surface area contributed by atoms with Gasteiger partial charge in [0.1, 0.15) is 6.04 Å². The third-order valence-electron chi connectivity index (χ3n) is 1.83. The highest BCUT2D eigenvalue weighted by atomic mass is 16.4. The summed E-state index contributed by atoms with van der Waals surface area (Å²) in [6.45, 7) is 0.381. The highest BCUT2D eigenvalue weighted by Gasteiger charge is 2.31. The third-order valence-corrected chi connectivity index (χ3v) is 1.83. The summed E-state index contributed by atoms with van der Waals surface area (Å²) in [5, 5.41) is 11.2. The first-order valence-corrected chi connectivity index (χ1v) is 3.36. The number of hydrogen-bond acceptors (Lipinski definition) is 3. The molecule has 1 fully saturated rings. The molecule has 1 saturated heterocycles. The SMILES string of the molecule is NC(=O)[C@H]1CN[C@H](C(=O)O)C1. The monoisotopic (exact) mass is 158 g/mol. The molecule has 1 amide bonds. The van der Waals surface area contributed by atoms with Crippen LogP contribution in [0.4, 0.5) is 0 Å². The molecule has 1 aliphatic rings. The van der Waals surface area contributed by atoms with E-state index in [1.165, 1.54) is 0 Å². The van der Waals surface area contributed by atoms with Gasteiger partial charge in [-0.05, 0) is 6.42 Å². The van der Waals surface area contributed by atoms with Crippen molar-refractivity contribution in [3.05, 3.63) is 0 Å². The smallest absolute Gasteiger partial charge is 0.320 e. The minimum absolute atomic E-state index is 0.310. The van der Waals surface area contributed by atoms with Crippen LogP contribution in [0.2, 0.25) is 0 Å². The Morgan fingerprint density at radius 2 is 2.18 bits per heavy atom. The van der Waals surface area contributed by atoms with Gasteiger partial charge in [-0.25, -0.2) is 0 Å². The minimum atomic E-state index is -0.922. The van der Waals surface area contributed by atoms with Crippen molar-refractivity contribution in [2.24, 2.45) is 11.7 Å². The summed E-state index contributed by atoms with van der Waals surface area (Å²) in [6.07, 6.45) is 0.310. The van der Waals surface area contributed by atoms with E-state index in [1.54, 1.807) is 0 Å². The number of carbonyl (C=O) groups excluding carboxylic acids is 1. The van der Waals surface area contributed by atoms with Crippen molar-refractivity contribution < 1.29 is 14.7 Å². The van der Waals surface area contributed by atoms with Crippen LogP contribution in [0.5, 0.6) is 0 Å². The van der Waals surface area contributed by atoms with Gasteiger partial charge in [0.05, 0.1) is 5.92 Å². The molecule has 0 spiro atoms. The topological polar surface area (TPSA) is 92.4 Å². The van der Waals surface area contributed by atoms with E-state index in [-0.39, 0.29) is 5.92 Å². The molecule has 62 valence electrons. The van der Waals surface area contributed by atoms with E-state index in [4.69, 9.17) is 10.8 Å². The molecule has 1 aliphatic heterocycles. The predicted octanol–water partition coefficient (Wildman–Crippen LogP) is -1.47. The summed E-state index contributed by atoms with van der Waals surface area (Å²) in [5.74, 6) is -1.67. The molecule has 5 nitrogen and oxygen atoms in total. The van der Waals surface area contributed by atoms with Crippen LogP contribution in [-0.4, -0.2) is 29.6 Å². The van der Waals surface area contributed by atoms with Gasteiger partial charge in [-0.15, -0.1) is 0 Å². The van der Waals surface area contributed by atoms with E-state index in [0.717, 1.165) is 0 Å². The average molecular weight is 158 g/mol. The van der Waals surface area contributed by atoms with Gasteiger partial charge >= 0.3 is 5.97 Å². The largest absolute Gasteiger partial charge is 0.480 e. The van der Waals surface area contributed by atoms with Crippen molar-refractivity contribution in [3.8, 4) is 0 Å². The number of carboxylic acid groups (broad SMARTS) is 1. The number of rotatable bonds is 2. The summed E-state index contributed by atoms with van der Waals surface area (Å²) >= 11 is 0. The van der Waals surface area contributed by atoms with Gasteiger partial charge in [-0.3, -0.25) is 9.59 Å². The number of carboxylic acids is 1. The lowest BCUT2D eigenvalue weighted by Crippen LogP contribution is -2.30. The quantitative estimate of drug-likeness (QED) is 0.457. The van der Waals surface area contributed by atoms with Crippen LogP contribution in [0.3, 0.4) is 0 Å². The summed E-state index contributed by atoms with van der Waals surface area (Å²) in [6, 6.07) is -0.604. The van der Waals surface area contributed by atoms with Crippen LogP contribution in [-0.2, 0) is 9.59 Å². The Labute approximate surface area is 63.6 Å². The number of nitrogens with two attached hydrogens (primary N) is 1. The van der Waals surface area contributed by atoms with Crippen molar-refractivity contribution in [1.82, 2.24) is 5.32 Å². The molecule has 0 aromatic carbocycles. The molecule has 4 N–H and O–H groups in total. The lowest BCUT2D eigenvalue weighted by molar-refractivity contribution is -0.139. The molecule has 0 bridgehead atoms. The van der Waals surface area contributed by atoms with Gasteiger partial charge in [0.2, 0.25) is 5.91 Å². The van der Waals surface area contributed by atoms with Gasteiger partial charge in [-0.2, -0.15) is 0 Å². The molecule has 0 aromatic heterocycles. The maximum Gasteiger partial charge on any atom is 0.320 e. The van der Waals surface area contributed by atoms with Crippen LogP contribution >= 0.6 is 0 Å². The zero-order valence-electron chi connectivity index (χ0n) is 5.91. The Kier molecular flexibility index (Phi) is 2.09. The molecular weight excluding hydrogens is 148 g/mol. The fourth-order valence-electron chi connectivity index (χ4n) is 1.14. The normalized spacial score (nSPS) is 30.2. The van der Waals surface area contributed by atoms with Crippen LogP contribution in [0.15, 0.2) is 0 Å². The molecule has 0 aromatic rings. The van der Waals surface area contributed by atoms with Gasteiger partial charge in [-0.1, -0.05) is 0 Å². The lowest BCUT2D eigenvalue weighted by atomic mass is 10.1. The first-order chi connectivity index (χ1) is 5.11. The molecule has 1 rings (SSSR count). The van der Waals surface area contributed by atoms with E-state index >= 15 is 0 Å². The Balaban J connectivity index is 2.47. The number of hydrogen-bond donors (Lipinski definition) is 3. The maximum atomic E-state index is 10.6. The van der Waals surface area contributed by atoms with Crippen molar-refractivity contribution in [2.45, 2.75) is 12.5 Å². The van der Waals surface area contributed by atoms with Crippen molar-refractivity contribution in [2.75, 3.05) is 6.54 Å². The van der Waals surface area contributed by atoms with Crippen LogP contribution < -0.4 is 11.1 Å². The Bertz CT molecular complexity index is 172. The standard InChI is InChI=1S/C6H10N2O3/c7-5(9)3-1-4(6(10)11)8-2-3/h3-4,8H,1-2H2,(H2,7,9)(H,10,11)/t3-,4+/m1/s1. The highest BCUT2D eigenvalue weighted by Crippen LogP contribution is 2.12. The summed E-state index contributed by atoms with van der Waals surface area (Å²) < 4.78 is 0. The van der Waals surface area contributed by atoms with Crippen molar-refractivity contribution in [1.29, 1.82) is 0 Å². The molecule has 0 unspecified atom stereocenters.